The highest BCUT2D eigenvalue weighted by molar-refractivity contribution is 6.31. The van der Waals surface area contributed by atoms with Crippen molar-refractivity contribution in [2.75, 3.05) is 39.3 Å². The van der Waals surface area contributed by atoms with Gasteiger partial charge in [0.25, 0.3) is 0 Å². The molecule has 28 heavy (non-hydrogen) atoms. The van der Waals surface area contributed by atoms with Gasteiger partial charge in [-0.2, -0.15) is 0 Å². The number of carbonyl (C=O) groups is 2. The number of benzene rings is 2. The predicted octanol–water partition coefficient (Wildman–Crippen LogP) is -1.81. The SMILES string of the molecule is C1C[NH+]2CC[NH+]1CC2.O=C([O-])c1cccc(Cl)c1.O=C([O-])c1cccc(Cl)c1. The summed E-state index contributed by atoms with van der Waals surface area (Å²) < 4.78 is 0. The smallest absolute Gasteiger partial charge is 0.127 e. The second-order valence-electron chi connectivity index (χ2n) is 6.60. The van der Waals surface area contributed by atoms with E-state index in [4.69, 9.17) is 23.2 Å². The van der Waals surface area contributed by atoms with Crippen LogP contribution in [-0.4, -0.2) is 51.2 Å². The van der Waals surface area contributed by atoms with Gasteiger partial charge in [0, 0.05) is 10.0 Å². The number of aromatic carboxylic acids is 2. The molecule has 6 nitrogen and oxygen atoms in total. The van der Waals surface area contributed by atoms with Crippen LogP contribution in [0.2, 0.25) is 10.0 Å². The van der Waals surface area contributed by atoms with Crippen LogP contribution in [0.25, 0.3) is 0 Å². The fourth-order valence-corrected chi connectivity index (χ4v) is 3.42. The highest BCUT2D eigenvalue weighted by atomic mass is 35.5. The Labute approximate surface area is 173 Å². The van der Waals surface area contributed by atoms with Crippen LogP contribution < -0.4 is 20.0 Å². The molecule has 3 aliphatic heterocycles. The summed E-state index contributed by atoms with van der Waals surface area (Å²) in [5.41, 5.74) is 0.208. The Hall–Kier alpha value is -2.12. The molecular weight excluding hydrogens is 403 g/mol. The summed E-state index contributed by atoms with van der Waals surface area (Å²) in [5, 5.41) is 21.2. The third-order valence-corrected chi connectivity index (χ3v) is 5.09. The number of carboxylic acids is 2. The predicted molar refractivity (Wildman–Crippen MR) is 103 cm³/mol. The number of quaternary nitrogens is 2. The molecule has 0 aromatic heterocycles. The molecule has 3 fully saturated rings. The first-order valence-corrected chi connectivity index (χ1v) is 9.71. The minimum Gasteiger partial charge on any atom is -0.545 e. The van der Waals surface area contributed by atoms with Crippen molar-refractivity contribution in [1.29, 1.82) is 0 Å². The minimum atomic E-state index is -1.21. The Morgan fingerprint density at radius 2 is 1.00 bits per heavy atom. The lowest BCUT2D eigenvalue weighted by atomic mass is 10.2. The molecule has 0 radical (unpaired) electrons. The van der Waals surface area contributed by atoms with E-state index in [1.54, 1.807) is 24.3 Å². The fraction of sp³-hybridized carbons (Fsp3) is 0.300. The van der Waals surface area contributed by atoms with Gasteiger partial charge in [-0.15, -0.1) is 0 Å². The topological polar surface area (TPSA) is 89.1 Å². The summed E-state index contributed by atoms with van der Waals surface area (Å²) in [6, 6.07) is 11.9. The molecule has 8 heteroatoms. The summed E-state index contributed by atoms with van der Waals surface area (Å²) in [6.45, 7) is 8.64. The lowest BCUT2D eigenvalue weighted by Gasteiger charge is -2.35. The van der Waals surface area contributed by atoms with Gasteiger partial charge >= 0.3 is 0 Å². The molecule has 0 atom stereocenters. The molecule has 3 heterocycles. The number of carboxylic acid groups (broad SMARTS) is 2. The second kappa shape index (κ2) is 11.0. The van der Waals surface area contributed by atoms with E-state index >= 15 is 0 Å². The largest absolute Gasteiger partial charge is 0.545 e. The van der Waals surface area contributed by atoms with Gasteiger partial charge in [-0.05, 0) is 35.4 Å². The van der Waals surface area contributed by atoms with Crippen LogP contribution in [0, 0.1) is 0 Å². The van der Waals surface area contributed by atoms with E-state index in [1.807, 2.05) is 9.80 Å². The van der Waals surface area contributed by atoms with E-state index in [0.717, 1.165) is 0 Å². The second-order valence-corrected chi connectivity index (χ2v) is 7.47. The van der Waals surface area contributed by atoms with Crippen LogP contribution in [0.5, 0.6) is 0 Å². The van der Waals surface area contributed by atoms with E-state index in [-0.39, 0.29) is 11.1 Å². The van der Waals surface area contributed by atoms with E-state index in [0.29, 0.717) is 10.0 Å². The lowest BCUT2D eigenvalue weighted by Crippen LogP contribution is -3.35. The van der Waals surface area contributed by atoms with Gasteiger partial charge in [0.2, 0.25) is 0 Å². The molecule has 0 unspecified atom stereocenters. The van der Waals surface area contributed by atoms with Crippen molar-refractivity contribution in [1.82, 2.24) is 0 Å². The lowest BCUT2D eigenvalue weighted by molar-refractivity contribution is -1.06. The van der Waals surface area contributed by atoms with Gasteiger partial charge in [-0.3, -0.25) is 0 Å². The molecule has 3 saturated heterocycles. The van der Waals surface area contributed by atoms with Gasteiger partial charge in [0.15, 0.2) is 0 Å². The maximum atomic E-state index is 10.2. The van der Waals surface area contributed by atoms with E-state index in [1.165, 1.54) is 63.5 Å². The zero-order valence-electron chi connectivity index (χ0n) is 15.3. The monoisotopic (exact) mass is 424 g/mol. The normalized spacial score (nSPS) is 19.5. The number of nitrogens with one attached hydrogen (secondary N) is 2. The quantitative estimate of drug-likeness (QED) is 0.594. The third-order valence-electron chi connectivity index (χ3n) is 4.62. The Bertz CT molecular complexity index is 730. The average Bonchev–Trinajstić information content (AvgIpc) is 2.70. The Kier molecular flexibility index (Phi) is 8.73. The number of hydrogen-bond donors (Lipinski definition) is 2. The van der Waals surface area contributed by atoms with Crippen molar-refractivity contribution in [2.24, 2.45) is 0 Å². The summed E-state index contributed by atoms with van der Waals surface area (Å²) in [4.78, 5) is 24.1. The zero-order valence-corrected chi connectivity index (χ0v) is 16.8. The molecule has 150 valence electrons. The fourth-order valence-electron chi connectivity index (χ4n) is 3.04. The molecule has 0 amide bonds. The van der Waals surface area contributed by atoms with E-state index in [2.05, 4.69) is 0 Å². The summed E-state index contributed by atoms with van der Waals surface area (Å²) in [7, 11) is 0. The molecule has 3 aliphatic rings. The van der Waals surface area contributed by atoms with Crippen molar-refractivity contribution in [2.45, 2.75) is 0 Å². The Morgan fingerprint density at radius 3 is 1.18 bits per heavy atom. The molecule has 2 aromatic rings. The van der Waals surface area contributed by atoms with Gasteiger partial charge in [0.05, 0.1) is 11.9 Å². The maximum Gasteiger partial charge on any atom is 0.127 e. The standard InChI is InChI=1S/2C7H5ClO2.C6H12N2/c2*8-6-3-1-2-5(4-6)7(9)10;1-2-8-5-3-7(1)4-6-8/h2*1-4H,(H,9,10);1-6H2. The van der Waals surface area contributed by atoms with E-state index in [9.17, 15) is 19.8 Å². The van der Waals surface area contributed by atoms with Crippen LogP contribution in [0.1, 0.15) is 20.7 Å². The molecule has 0 spiro atoms. The highest BCUT2D eigenvalue weighted by Crippen LogP contribution is 2.10. The van der Waals surface area contributed by atoms with Crippen molar-refractivity contribution in [3.05, 3.63) is 69.7 Å². The summed E-state index contributed by atoms with van der Waals surface area (Å²) in [6.07, 6.45) is 0. The third kappa shape index (κ3) is 7.48. The van der Waals surface area contributed by atoms with Crippen LogP contribution in [0.15, 0.2) is 48.5 Å². The molecular formula is C20H22Cl2N2O4. The van der Waals surface area contributed by atoms with Crippen LogP contribution in [0.4, 0.5) is 0 Å². The van der Waals surface area contributed by atoms with Gasteiger partial charge in [-0.1, -0.05) is 47.5 Å². The number of carbonyl (C=O) groups excluding carboxylic acids is 2. The zero-order chi connectivity index (χ0) is 20.5. The number of fused-ring (bicyclic) bond motifs is 3. The van der Waals surface area contributed by atoms with Gasteiger partial charge in [0.1, 0.15) is 39.3 Å². The Balaban J connectivity index is 0.000000151. The highest BCUT2D eigenvalue weighted by Gasteiger charge is 2.29. The summed E-state index contributed by atoms with van der Waals surface area (Å²) >= 11 is 11.0. The first-order valence-electron chi connectivity index (χ1n) is 8.96. The molecule has 2 bridgehead atoms. The van der Waals surface area contributed by atoms with Crippen molar-refractivity contribution < 1.29 is 29.6 Å². The molecule has 2 aromatic carbocycles. The van der Waals surface area contributed by atoms with Crippen LogP contribution in [0.3, 0.4) is 0 Å². The first-order chi connectivity index (χ1) is 13.3. The average molecular weight is 425 g/mol. The maximum absolute atomic E-state index is 10.2. The number of rotatable bonds is 2. The van der Waals surface area contributed by atoms with Gasteiger partial charge in [-0.25, -0.2) is 0 Å². The van der Waals surface area contributed by atoms with Crippen LogP contribution >= 0.6 is 23.2 Å². The molecule has 2 N–H and O–H groups in total. The first kappa shape index (κ1) is 22.2. The van der Waals surface area contributed by atoms with Crippen molar-refractivity contribution >= 4 is 35.1 Å². The van der Waals surface area contributed by atoms with E-state index < -0.39 is 11.9 Å². The summed E-state index contributed by atoms with van der Waals surface area (Å²) in [5.74, 6) is -2.41. The molecule has 0 saturated carbocycles. The molecule has 0 aliphatic carbocycles. The van der Waals surface area contributed by atoms with Crippen molar-refractivity contribution in [3.63, 3.8) is 0 Å². The minimum absolute atomic E-state index is 0.104. The number of hydrogen-bond acceptors (Lipinski definition) is 4. The van der Waals surface area contributed by atoms with Crippen molar-refractivity contribution in [3.8, 4) is 0 Å². The van der Waals surface area contributed by atoms with Crippen LogP contribution in [-0.2, 0) is 0 Å². The number of halogens is 2. The molecule has 5 rings (SSSR count). The Morgan fingerprint density at radius 1 is 0.679 bits per heavy atom. The number of piperazine rings is 3. The van der Waals surface area contributed by atoms with Gasteiger partial charge < -0.3 is 29.6 Å².